The molecular formula is C18H12I2N2O5. The maximum absolute atomic E-state index is 12.3. The predicted octanol–water partition coefficient (Wildman–Crippen LogP) is 4.47. The van der Waals surface area contributed by atoms with Crippen LogP contribution in [0.15, 0.2) is 41.0 Å². The molecule has 2 aromatic rings. The van der Waals surface area contributed by atoms with Crippen molar-refractivity contribution in [1.82, 2.24) is 0 Å². The molecule has 0 saturated carbocycles. The van der Waals surface area contributed by atoms with Crippen molar-refractivity contribution in [3.8, 4) is 5.75 Å². The second-order valence-electron chi connectivity index (χ2n) is 5.55. The van der Waals surface area contributed by atoms with Gasteiger partial charge < -0.3 is 9.47 Å². The SMILES string of the molecule is COc1c(I)cc(I)cc1/C=C1\N=C(c2cccc([N+](=O)[O-])c2C)OC1=O. The summed E-state index contributed by atoms with van der Waals surface area (Å²) in [6, 6.07) is 8.38. The van der Waals surface area contributed by atoms with Gasteiger partial charge in [0.2, 0.25) is 5.90 Å². The van der Waals surface area contributed by atoms with Gasteiger partial charge in [-0.15, -0.1) is 0 Å². The number of nitro groups is 1. The first kappa shape index (κ1) is 19.7. The lowest BCUT2D eigenvalue weighted by atomic mass is 10.1. The molecule has 0 aliphatic carbocycles. The number of carbonyl (C=O) groups is 1. The Balaban J connectivity index is 2.07. The highest BCUT2D eigenvalue weighted by Crippen LogP contribution is 2.31. The lowest BCUT2D eigenvalue weighted by Crippen LogP contribution is -2.08. The summed E-state index contributed by atoms with van der Waals surface area (Å²) in [5.74, 6) is 0.0602. The van der Waals surface area contributed by atoms with Crippen molar-refractivity contribution >= 4 is 68.8 Å². The largest absolute Gasteiger partial charge is 0.495 e. The van der Waals surface area contributed by atoms with Crippen LogP contribution in [-0.2, 0) is 9.53 Å². The summed E-state index contributed by atoms with van der Waals surface area (Å²) in [5, 5.41) is 11.1. The van der Waals surface area contributed by atoms with E-state index in [0.717, 1.165) is 7.14 Å². The number of rotatable bonds is 4. The minimum absolute atomic E-state index is 0.0479. The number of esters is 1. The Morgan fingerprint density at radius 1 is 1.30 bits per heavy atom. The number of hydrogen-bond acceptors (Lipinski definition) is 6. The second-order valence-corrected chi connectivity index (χ2v) is 7.96. The molecule has 2 aromatic carbocycles. The van der Waals surface area contributed by atoms with Crippen molar-refractivity contribution in [2.45, 2.75) is 6.92 Å². The molecule has 1 aliphatic heterocycles. The number of halogens is 2. The fourth-order valence-corrected chi connectivity index (χ4v) is 4.74. The summed E-state index contributed by atoms with van der Waals surface area (Å²) in [7, 11) is 1.56. The Bertz CT molecular complexity index is 1030. The van der Waals surface area contributed by atoms with E-state index in [0.29, 0.717) is 22.4 Å². The minimum atomic E-state index is -0.619. The van der Waals surface area contributed by atoms with Crippen molar-refractivity contribution in [3.63, 3.8) is 0 Å². The molecule has 1 aliphatic rings. The third kappa shape index (κ3) is 3.98. The van der Waals surface area contributed by atoms with E-state index < -0.39 is 10.9 Å². The van der Waals surface area contributed by atoms with E-state index in [-0.39, 0.29) is 17.3 Å². The predicted molar refractivity (Wildman–Crippen MR) is 117 cm³/mol. The molecule has 0 aromatic heterocycles. The van der Waals surface area contributed by atoms with Gasteiger partial charge in [-0.3, -0.25) is 10.1 Å². The number of benzene rings is 2. The van der Waals surface area contributed by atoms with Crippen LogP contribution in [0.2, 0.25) is 0 Å². The van der Waals surface area contributed by atoms with E-state index in [9.17, 15) is 14.9 Å². The second kappa shape index (κ2) is 7.92. The maximum Gasteiger partial charge on any atom is 0.363 e. The number of hydrogen-bond donors (Lipinski definition) is 0. The van der Waals surface area contributed by atoms with E-state index in [1.54, 1.807) is 26.2 Å². The zero-order chi connectivity index (χ0) is 19.7. The molecule has 0 unspecified atom stereocenters. The van der Waals surface area contributed by atoms with Gasteiger partial charge >= 0.3 is 5.97 Å². The molecule has 0 amide bonds. The van der Waals surface area contributed by atoms with Crippen LogP contribution in [0.1, 0.15) is 16.7 Å². The van der Waals surface area contributed by atoms with Gasteiger partial charge in [-0.2, -0.15) is 0 Å². The smallest absolute Gasteiger partial charge is 0.363 e. The van der Waals surface area contributed by atoms with Crippen molar-refractivity contribution in [2.24, 2.45) is 4.99 Å². The third-order valence-electron chi connectivity index (χ3n) is 3.89. The van der Waals surface area contributed by atoms with Crippen molar-refractivity contribution in [1.29, 1.82) is 0 Å². The lowest BCUT2D eigenvalue weighted by Gasteiger charge is -2.08. The van der Waals surface area contributed by atoms with Gasteiger partial charge in [-0.25, -0.2) is 9.79 Å². The molecular weight excluding hydrogens is 578 g/mol. The number of nitrogens with zero attached hydrogens (tertiary/aromatic N) is 2. The number of methoxy groups -OCH3 is 1. The topological polar surface area (TPSA) is 91.0 Å². The number of nitro benzene ring substituents is 1. The average Bonchev–Trinajstić information content (AvgIpc) is 2.95. The summed E-state index contributed by atoms with van der Waals surface area (Å²) in [5.41, 5.74) is 1.54. The third-order valence-corrected chi connectivity index (χ3v) is 5.31. The van der Waals surface area contributed by atoms with Crippen LogP contribution >= 0.6 is 45.2 Å². The summed E-state index contributed by atoms with van der Waals surface area (Å²) in [6.07, 6.45) is 1.59. The Morgan fingerprint density at radius 2 is 2.04 bits per heavy atom. The first-order valence-electron chi connectivity index (χ1n) is 7.61. The van der Waals surface area contributed by atoms with Gasteiger partial charge in [0.05, 0.1) is 15.6 Å². The van der Waals surface area contributed by atoms with Crippen LogP contribution in [0.25, 0.3) is 6.08 Å². The molecule has 7 nitrogen and oxygen atoms in total. The zero-order valence-electron chi connectivity index (χ0n) is 14.2. The lowest BCUT2D eigenvalue weighted by molar-refractivity contribution is -0.385. The standard InChI is InChI=1S/C18H12I2N2O5/c1-9-12(4-3-5-15(9)22(24)25)17-21-14(18(23)27-17)7-10-6-11(19)8-13(20)16(10)26-2/h3-8H,1-2H3/b14-7-. The highest BCUT2D eigenvalue weighted by Gasteiger charge is 2.28. The van der Waals surface area contributed by atoms with E-state index in [2.05, 4.69) is 50.2 Å². The highest BCUT2D eigenvalue weighted by molar-refractivity contribution is 14.1. The van der Waals surface area contributed by atoms with E-state index >= 15 is 0 Å². The van der Waals surface area contributed by atoms with Crippen molar-refractivity contribution in [3.05, 3.63) is 70.0 Å². The van der Waals surface area contributed by atoms with Gasteiger partial charge in [-0.1, -0.05) is 6.07 Å². The quantitative estimate of drug-likeness (QED) is 0.173. The van der Waals surface area contributed by atoms with E-state index in [1.165, 1.54) is 12.1 Å². The van der Waals surface area contributed by atoms with Gasteiger partial charge in [-0.05, 0) is 76.4 Å². The molecule has 138 valence electrons. The highest BCUT2D eigenvalue weighted by atomic mass is 127. The minimum Gasteiger partial charge on any atom is -0.495 e. The first-order chi connectivity index (χ1) is 12.8. The number of cyclic esters (lactones) is 1. The molecule has 0 atom stereocenters. The average molecular weight is 590 g/mol. The van der Waals surface area contributed by atoms with Gasteiger partial charge in [0.25, 0.3) is 5.69 Å². The van der Waals surface area contributed by atoms with Crippen LogP contribution < -0.4 is 4.74 Å². The van der Waals surface area contributed by atoms with Crippen LogP contribution in [0.5, 0.6) is 5.75 Å². The van der Waals surface area contributed by atoms with Gasteiger partial charge in [0.15, 0.2) is 5.70 Å². The van der Waals surface area contributed by atoms with Gasteiger partial charge in [0, 0.05) is 26.3 Å². The van der Waals surface area contributed by atoms with E-state index in [1.807, 2.05) is 12.1 Å². The molecule has 27 heavy (non-hydrogen) atoms. The Hall–Kier alpha value is -2.02. The fourth-order valence-electron chi connectivity index (χ4n) is 2.63. The molecule has 0 bridgehead atoms. The molecule has 0 spiro atoms. The van der Waals surface area contributed by atoms with Gasteiger partial charge in [0.1, 0.15) is 5.75 Å². The van der Waals surface area contributed by atoms with Crippen LogP contribution in [0.3, 0.4) is 0 Å². The first-order valence-corrected chi connectivity index (χ1v) is 9.77. The Labute approximate surface area is 181 Å². The van der Waals surface area contributed by atoms with Crippen molar-refractivity contribution in [2.75, 3.05) is 7.11 Å². The Kier molecular flexibility index (Phi) is 5.79. The van der Waals surface area contributed by atoms with Crippen molar-refractivity contribution < 1.29 is 19.2 Å². The van der Waals surface area contributed by atoms with Crippen LogP contribution in [0.4, 0.5) is 5.69 Å². The monoisotopic (exact) mass is 590 g/mol. The number of carbonyl (C=O) groups excluding carboxylic acids is 1. The molecule has 1 heterocycles. The molecule has 0 saturated heterocycles. The molecule has 0 radical (unpaired) electrons. The number of ether oxygens (including phenoxy) is 2. The van der Waals surface area contributed by atoms with Crippen LogP contribution in [-0.4, -0.2) is 23.9 Å². The molecule has 0 fully saturated rings. The molecule has 9 heteroatoms. The van der Waals surface area contributed by atoms with E-state index in [4.69, 9.17) is 9.47 Å². The zero-order valence-corrected chi connectivity index (χ0v) is 18.5. The summed E-state index contributed by atoms with van der Waals surface area (Å²) < 4.78 is 12.6. The normalized spacial score (nSPS) is 14.9. The summed E-state index contributed by atoms with van der Waals surface area (Å²) >= 11 is 4.33. The molecule has 0 N–H and O–H groups in total. The summed E-state index contributed by atoms with van der Waals surface area (Å²) in [4.78, 5) is 27.2. The fraction of sp³-hybridized carbons (Fsp3) is 0.111. The maximum atomic E-state index is 12.3. The number of aliphatic imine (C=N–C) groups is 1. The van der Waals surface area contributed by atoms with Crippen LogP contribution in [0, 0.1) is 24.2 Å². The summed E-state index contributed by atoms with van der Waals surface area (Å²) in [6.45, 7) is 1.59. The molecule has 3 rings (SSSR count). The Morgan fingerprint density at radius 3 is 2.70 bits per heavy atom.